The predicted molar refractivity (Wildman–Crippen MR) is 50.3 cm³/mol. The number of hydrogen-bond acceptors (Lipinski definition) is 2. The van der Waals surface area contributed by atoms with Crippen LogP contribution < -0.4 is 5.73 Å². The van der Waals surface area contributed by atoms with Crippen molar-refractivity contribution in [3.8, 4) is 0 Å². The normalized spacial score (nSPS) is 10.8. The molecule has 0 unspecified atom stereocenters. The molecule has 1 heterocycles. The smallest absolute Gasteiger partial charge is 0.153 e. The van der Waals surface area contributed by atoms with E-state index in [2.05, 4.69) is 10.2 Å². The Bertz CT molecular complexity index is 433. The molecule has 0 spiro atoms. The number of aryl methyl sites for hydroxylation is 1. The summed E-state index contributed by atoms with van der Waals surface area (Å²) in [6.07, 6.45) is 0. The van der Waals surface area contributed by atoms with E-state index in [9.17, 15) is 0 Å². The first kappa shape index (κ1) is 7.43. The Balaban J connectivity index is 2.87. The Labute approximate surface area is 74.5 Å². The van der Waals surface area contributed by atoms with Gasteiger partial charge in [-0.25, -0.2) is 0 Å². The summed E-state index contributed by atoms with van der Waals surface area (Å²) >= 11 is 5.92. The fourth-order valence-corrected chi connectivity index (χ4v) is 1.33. The molecule has 0 aliphatic carbocycles. The van der Waals surface area contributed by atoms with Crippen LogP contribution in [-0.4, -0.2) is 10.2 Å². The molecule has 1 aromatic heterocycles. The number of nitrogens with zero attached hydrogens (tertiary/aromatic N) is 1. The van der Waals surface area contributed by atoms with Gasteiger partial charge in [0, 0.05) is 10.4 Å². The highest BCUT2D eigenvalue weighted by molar-refractivity contribution is 6.32. The van der Waals surface area contributed by atoms with Crippen LogP contribution >= 0.6 is 11.6 Å². The van der Waals surface area contributed by atoms with Crippen molar-refractivity contribution >= 4 is 28.3 Å². The van der Waals surface area contributed by atoms with Gasteiger partial charge in [0.1, 0.15) is 0 Å². The van der Waals surface area contributed by atoms with Crippen LogP contribution in [0.4, 0.5) is 5.82 Å². The molecule has 1 aromatic carbocycles. The molecule has 0 atom stereocenters. The highest BCUT2D eigenvalue weighted by Gasteiger charge is 2.04. The van der Waals surface area contributed by atoms with E-state index in [0.29, 0.717) is 5.82 Å². The number of H-pyrrole nitrogens is 1. The van der Waals surface area contributed by atoms with Crippen LogP contribution in [0.3, 0.4) is 0 Å². The number of benzene rings is 1. The average Bonchev–Trinajstić information content (AvgIpc) is 2.35. The van der Waals surface area contributed by atoms with Crippen molar-refractivity contribution in [2.45, 2.75) is 6.92 Å². The monoisotopic (exact) mass is 181 g/mol. The molecule has 0 aliphatic rings. The highest BCUT2D eigenvalue weighted by Crippen LogP contribution is 2.24. The summed E-state index contributed by atoms with van der Waals surface area (Å²) in [4.78, 5) is 0. The number of aromatic amines is 1. The number of aromatic nitrogens is 2. The van der Waals surface area contributed by atoms with Gasteiger partial charge in [0.25, 0.3) is 0 Å². The van der Waals surface area contributed by atoms with Crippen LogP contribution in [0.25, 0.3) is 10.9 Å². The third-order valence-electron chi connectivity index (χ3n) is 1.87. The molecular formula is C8H8ClN3. The Hall–Kier alpha value is -1.22. The fourth-order valence-electron chi connectivity index (χ4n) is 1.17. The summed E-state index contributed by atoms with van der Waals surface area (Å²) in [7, 11) is 0. The lowest BCUT2D eigenvalue weighted by molar-refractivity contribution is 1.13. The van der Waals surface area contributed by atoms with E-state index >= 15 is 0 Å². The van der Waals surface area contributed by atoms with Gasteiger partial charge >= 0.3 is 0 Å². The molecule has 2 rings (SSSR count). The second-order valence-corrected chi connectivity index (χ2v) is 3.16. The average molecular weight is 182 g/mol. The van der Waals surface area contributed by atoms with Crippen LogP contribution in [0.15, 0.2) is 12.1 Å². The first-order valence-electron chi connectivity index (χ1n) is 3.58. The van der Waals surface area contributed by atoms with Gasteiger partial charge in [0.15, 0.2) is 5.82 Å². The zero-order chi connectivity index (χ0) is 8.72. The van der Waals surface area contributed by atoms with Gasteiger partial charge in [0.2, 0.25) is 0 Å². The standard InChI is InChI=1S/C8H8ClN3/c1-4-2-7-5(3-6(4)9)8(10)12-11-7/h2-3H,1H3,(H3,10,11,12). The minimum absolute atomic E-state index is 0.493. The van der Waals surface area contributed by atoms with Crippen molar-refractivity contribution < 1.29 is 0 Å². The number of halogens is 1. The van der Waals surface area contributed by atoms with Crippen LogP contribution in [0.5, 0.6) is 0 Å². The Morgan fingerprint density at radius 2 is 2.25 bits per heavy atom. The SMILES string of the molecule is Cc1cc2[nH]nc(N)c2cc1Cl. The molecule has 4 heteroatoms. The summed E-state index contributed by atoms with van der Waals surface area (Å²) in [6, 6.07) is 3.76. The summed E-state index contributed by atoms with van der Waals surface area (Å²) in [6.45, 7) is 1.94. The van der Waals surface area contributed by atoms with Crippen LogP contribution in [-0.2, 0) is 0 Å². The molecule has 0 amide bonds. The van der Waals surface area contributed by atoms with E-state index in [-0.39, 0.29) is 0 Å². The topological polar surface area (TPSA) is 54.7 Å². The first-order chi connectivity index (χ1) is 5.68. The minimum atomic E-state index is 0.493. The maximum atomic E-state index is 5.92. The van der Waals surface area contributed by atoms with E-state index < -0.39 is 0 Å². The second kappa shape index (κ2) is 2.38. The van der Waals surface area contributed by atoms with Crippen molar-refractivity contribution in [3.05, 3.63) is 22.7 Å². The number of rotatable bonds is 0. The van der Waals surface area contributed by atoms with E-state index in [1.54, 1.807) is 0 Å². The van der Waals surface area contributed by atoms with Crippen LogP contribution in [0.2, 0.25) is 5.02 Å². The van der Waals surface area contributed by atoms with Gasteiger partial charge in [-0.1, -0.05) is 11.6 Å². The molecule has 3 N–H and O–H groups in total. The lowest BCUT2D eigenvalue weighted by Crippen LogP contribution is -1.83. The van der Waals surface area contributed by atoms with Gasteiger partial charge in [0.05, 0.1) is 5.52 Å². The molecule has 0 bridgehead atoms. The van der Waals surface area contributed by atoms with Gasteiger partial charge in [-0.3, -0.25) is 5.10 Å². The summed E-state index contributed by atoms with van der Waals surface area (Å²) < 4.78 is 0. The van der Waals surface area contributed by atoms with E-state index in [0.717, 1.165) is 21.5 Å². The summed E-state index contributed by atoms with van der Waals surface area (Å²) in [5.74, 6) is 0.493. The number of nitrogens with two attached hydrogens (primary N) is 1. The van der Waals surface area contributed by atoms with Crippen molar-refractivity contribution in [2.24, 2.45) is 0 Å². The molecule has 0 fully saturated rings. The van der Waals surface area contributed by atoms with Gasteiger partial charge in [-0.05, 0) is 24.6 Å². The van der Waals surface area contributed by atoms with E-state index in [1.807, 2.05) is 19.1 Å². The van der Waals surface area contributed by atoms with Crippen molar-refractivity contribution in [3.63, 3.8) is 0 Å². The van der Waals surface area contributed by atoms with Crippen LogP contribution in [0.1, 0.15) is 5.56 Å². The molecular weight excluding hydrogens is 174 g/mol. The lowest BCUT2D eigenvalue weighted by Gasteiger charge is -1.96. The number of anilines is 1. The number of nitrogens with one attached hydrogen (secondary N) is 1. The van der Waals surface area contributed by atoms with Crippen molar-refractivity contribution in [1.82, 2.24) is 10.2 Å². The summed E-state index contributed by atoms with van der Waals surface area (Å²) in [5, 5.41) is 8.29. The van der Waals surface area contributed by atoms with Gasteiger partial charge < -0.3 is 5.73 Å². The zero-order valence-electron chi connectivity index (χ0n) is 6.56. The molecule has 0 aliphatic heterocycles. The molecule has 12 heavy (non-hydrogen) atoms. The summed E-state index contributed by atoms with van der Waals surface area (Å²) in [5.41, 5.74) is 7.54. The Morgan fingerprint density at radius 3 is 3.00 bits per heavy atom. The molecule has 3 nitrogen and oxygen atoms in total. The third-order valence-corrected chi connectivity index (χ3v) is 2.28. The zero-order valence-corrected chi connectivity index (χ0v) is 7.31. The third kappa shape index (κ3) is 0.940. The van der Waals surface area contributed by atoms with Crippen molar-refractivity contribution in [1.29, 1.82) is 0 Å². The number of nitrogen functional groups attached to an aromatic ring is 1. The van der Waals surface area contributed by atoms with E-state index in [1.165, 1.54) is 0 Å². The lowest BCUT2D eigenvalue weighted by atomic mass is 10.2. The Kier molecular flexibility index (Phi) is 1.48. The van der Waals surface area contributed by atoms with Crippen LogP contribution in [0, 0.1) is 6.92 Å². The Morgan fingerprint density at radius 1 is 1.50 bits per heavy atom. The molecule has 62 valence electrons. The molecule has 0 radical (unpaired) electrons. The number of fused-ring (bicyclic) bond motifs is 1. The maximum Gasteiger partial charge on any atom is 0.153 e. The molecule has 0 saturated carbocycles. The number of hydrogen-bond donors (Lipinski definition) is 2. The van der Waals surface area contributed by atoms with E-state index in [4.69, 9.17) is 17.3 Å². The predicted octanol–water partition coefficient (Wildman–Crippen LogP) is 2.11. The fraction of sp³-hybridized carbons (Fsp3) is 0.125. The first-order valence-corrected chi connectivity index (χ1v) is 3.96. The highest BCUT2D eigenvalue weighted by atomic mass is 35.5. The molecule has 2 aromatic rings. The minimum Gasteiger partial charge on any atom is -0.382 e. The van der Waals surface area contributed by atoms with Crippen molar-refractivity contribution in [2.75, 3.05) is 5.73 Å². The van der Waals surface area contributed by atoms with Gasteiger partial charge in [-0.2, -0.15) is 5.10 Å². The maximum absolute atomic E-state index is 5.92. The van der Waals surface area contributed by atoms with Gasteiger partial charge in [-0.15, -0.1) is 0 Å². The molecule has 0 saturated heterocycles. The second-order valence-electron chi connectivity index (χ2n) is 2.76. The quantitative estimate of drug-likeness (QED) is 0.654. The largest absolute Gasteiger partial charge is 0.382 e.